The fraction of sp³-hybridized carbons (Fsp3) is 0.333. The van der Waals surface area contributed by atoms with E-state index in [0.29, 0.717) is 5.65 Å². The average Bonchev–Trinajstić information content (AvgIpc) is 3.10. The van der Waals surface area contributed by atoms with Gasteiger partial charge in [-0.2, -0.15) is 4.52 Å². The molecule has 0 bridgehead atoms. The van der Waals surface area contributed by atoms with Gasteiger partial charge in [-0.25, -0.2) is 0 Å². The van der Waals surface area contributed by atoms with Crippen LogP contribution in [-0.4, -0.2) is 25.0 Å². The van der Waals surface area contributed by atoms with E-state index in [0.717, 1.165) is 18.7 Å². The highest BCUT2D eigenvalue weighted by atomic mass is 32.1. The maximum Gasteiger partial charge on any atom is 0.199 e. The van der Waals surface area contributed by atoms with Crippen LogP contribution in [-0.2, 0) is 0 Å². The number of hydrogen-bond donors (Lipinski definition) is 1. The quantitative estimate of drug-likeness (QED) is 0.774. The lowest BCUT2D eigenvalue weighted by Crippen LogP contribution is -2.12. The van der Waals surface area contributed by atoms with E-state index in [-0.39, 0.29) is 6.04 Å². The topological polar surface area (TPSA) is 68.0 Å². The summed E-state index contributed by atoms with van der Waals surface area (Å²) in [6.07, 6.45) is 5.55. The molecule has 0 aliphatic carbocycles. The molecule has 0 spiro atoms. The SMILES string of the molecule is CCCC(Nc1cncc2nnnn12)c1cccs1. The summed E-state index contributed by atoms with van der Waals surface area (Å²) in [6.45, 7) is 2.18. The molecule has 0 fully saturated rings. The molecule has 0 aliphatic rings. The van der Waals surface area contributed by atoms with E-state index in [9.17, 15) is 0 Å². The zero-order chi connectivity index (χ0) is 13.1. The Morgan fingerprint density at radius 2 is 2.37 bits per heavy atom. The van der Waals surface area contributed by atoms with Crippen LogP contribution >= 0.6 is 11.3 Å². The first-order valence-corrected chi connectivity index (χ1v) is 7.08. The highest BCUT2D eigenvalue weighted by molar-refractivity contribution is 7.10. The van der Waals surface area contributed by atoms with Gasteiger partial charge >= 0.3 is 0 Å². The number of aromatic nitrogens is 5. The fourth-order valence-electron chi connectivity index (χ4n) is 2.02. The van der Waals surface area contributed by atoms with Gasteiger partial charge in [0.25, 0.3) is 0 Å². The second-order valence-corrected chi connectivity index (χ2v) is 5.22. The van der Waals surface area contributed by atoms with Gasteiger partial charge in [-0.1, -0.05) is 19.4 Å². The minimum atomic E-state index is 0.265. The Labute approximate surface area is 114 Å². The van der Waals surface area contributed by atoms with E-state index in [4.69, 9.17) is 0 Å². The molecule has 6 nitrogen and oxygen atoms in total. The van der Waals surface area contributed by atoms with E-state index < -0.39 is 0 Å². The largest absolute Gasteiger partial charge is 0.361 e. The van der Waals surface area contributed by atoms with Crippen LogP contribution < -0.4 is 5.32 Å². The van der Waals surface area contributed by atoms with Crippen LogP contribution in [0.2, 0.25) is 0 Å². The summed E-state index contributed by atoms with van der Waals surface area (Å²) in [5.41, 5.74) is 0.645. The van der Waals surface area contributed by atoms with E-state index in [2.05, 4.69) is 50.3 Å². The second kappa shape index (κ2) is 5.31. The Morgan fingerprint density at radius 1 is 1.42 bits per heavy atom. The van der Waals surface area contributed by atoms with Crippen molar-refractivity contribution < 1.29 is 0 Å². The van der Waals surface area contributed by atoms with Crippen LogP contribution in [0.15, 0.2) is 29.9 Å². The minimum absolute atomic E-state index is 0.265. The number of thiophene rings is 1. The summed E-state index contributed by atoms with van der Waals surface area (Å²) < 4.78 is 1.67. The van der Waals surface area contributed by atoms with Gasteiger partial charge in [0.1, 0.15) is 0 Å². The molecule has 0 radical (unpaired) electrons. The summed E-state index contributed by atoms with van der Waals surface area (Å²) in [5.74, 6) is 0.814. The molecule has 1 atom stereocenters. The fourth-order valence-corrected chi connectivity index (χ4v) is 2.83. The first kappa shape index (κ1) is 12.0. The maximum atomic E-state index is 4.16. The third kappa shape index (κ3) is 2.41. The zero-order valence-corrected chi connectivity index (χ0v) is 11.3. The van der Waals surface area contributed by atoms with Gasteiger partial charge in [-0.15, -0.1) is 16.4 Å². The van der Waals surface area contributed by atoms with Crippen molar-refractivity contribution in [2.24, 2.45) is 0 Å². The summed E-state index contributed by atoms with van der Waals surface area (Å²) in [6, 6.07) is 4.48. The van der Waals surface area contributed by atoms with Crippen LogP contribution in [0.5, 0.6) is 0 Å². The molecule has 3 rings (SSSR count). The highest BCUT2D eigenvalue weighted by Crippen LogP contribution is 2.27. The first-order chi connectivity index (χ1) is 9.38. The number of anilines is 1. The van der Waals surface area contributed by atoms with Crippen molar-refractivity contribution in [2.45, 2.75) is 25.8 Å². The standard InChI is InChI=1S/C12H14N6S/c1-2-4-9(10-5-3-6-19-10)14-11-7-13-8-12-15-16-17-18(11)12/h3,5-9,14H,2,4H2,1H3. The number of rotatable bonds is 5. The first-order valence-electron chi connectivity index (χ1n) is 6.20. The molecule has 19 heavy (non-hydrogen) atoms. The van der Waals surface area contributed by atoms with Gasteiger partial charge in [-0.05, 0) is 28.3 Å². The van der Waals surface area contributed by atoms with Gasteiger partial charge in [0.2, 0.25) is 0 Å². The van der Waals surface area contributed by atoms with Crippen molar-refractivity contribution >= 4 is 22.8 Å². The third-order valence-electron chi connectivity index (χ3n) is 2.89. The molecular formula is C12H14N6S. The van der Waals surface area contributed by atoms with E-state index in [1.165, 1.54) is 4.88 Å². The minimum Gasteiger partial charge on any atom is -0.361 e. The molecule has 98 valence electrons. The molecular weight excluding hydrogens is 260 g/mol. The maximum absolute atomic E-state index is 4.16. The summed E-state index contributed by atoms with van der Waals surface area (Å²) in [5, 5.41) is 17.1. The average molecular weight is 274 g/mol. The normalized spacial score (nSPS) is 12.7. The van der Waals surface area contributed by atoms with Crippen molar-refractivity contribution in [3.63, 3.8) is 0 Å². The Bertz CT molecular complexity index is 647. The molecule has 3 aromatic heterocycles. The van der Waals surface area contributed by atoms with Crippen molar-refractivity contribution in [1.29, 1.82) is 0 Å². The van der Waals surface area contributed by atoms with Crippen LogP contribution in [0.4, 0.5) is 5.82 Å². The molecule has 7 heteroatoms. The molecule has 0 saturated heterocycles. The molecule has 3 heterocycles. The zero-order valence-electron chi connectivity index (χ0n) is 10.5. The van der Waals surface area contributed by atoms with Gasteiger partial charge in [0.05, 0.1) is 18.4 Å². The molecule has 1 unspecified atom stereocenters. The molecule has 0 aliphatic heterocycles. The van der Waals surface area contributed by atoms with Crippen LogP contribution in [0.3, 0.4) is 0 Å². The highest BCUT2D eigenvalue weighted by Gasteiger charge is 2.14. The lowest BCUT2D eigenvalue weighted by Gasteiger charge is -2.17. The monoisotopic (exact) mass is 274 g/mol. The number of hydrogen-bond acceptors (Lipinski definition) is 6. The van der Waals surface area contributed by atoms with Crippen LogP contribution in [0, 0.1) is 0 Å². The number of fused-ring (bicyclic) bond motifs is 1. The van der Waals surface area contributed by atoms with Gasteiger partial charge in [-0.3, -0.25) is 4.98 Å². The smallest absolute Gasteiger partial charge is 0.199 e. The third-order valence-corrected chi connectivity index (χ3v) is 3.88. The van der Waals surface area contributed by atoms with Crippen molar-refractivity contribution in [1.82, 2.24) is 25.0 Å². The molecule has 1 N–H and O–H groups in total. The lowest BCUT2D eigenvalue weighted by atomic mass is 10.1. The Hall–Kier alpha value is -2.02. The Balaban J connectivity index is 1.91. The van der Waals surface area contributed by atoms with E-state index in [1.54, 1.807) is 28.2 Å². The van der Waals surface area contributed by atoms with Gasteiger partial charge in [0.15, 0.2) is 11.5 Å². The molecule has 0 aromatic carbocycles. The van der Waals surface area contributed by atoms with Crippen molar-refractivity contribution in [2.75, 3.05) is 5.32 Å². The molecule has 3 aromatic rings. The van der Waals surface area contributed by atoms with Crippen LogP contribution in [0.25, 0.3) is 5.65 Å². The van der Waals surface area contributed by atoms with E-state index in [1.807, 2.05) is 0 Å². The van der Waals surface area contributed by atoms with Gasteiger partial charge in [0, 0.05) is 4.88 Å². The Morgan fingerprint density at radius 3 is 3.16 bits per heavy atom. The van der Waals surface area contributed by atoms with Crippen molar-refractivity contribution in [3.8, 4) is 0 Å². The number of tetrazole rings is 1. The van der Waals surface area contributed by atoms with E-state index >= 15 is 0 Å². The number of nitrogens with zero attached hydrogens (tertiary/aromatic N) is 5. The summed E-state index contributed by atoms with van der Waals surface area (Å²) >= 11 is 1.75. The molecule has 0 amide bonds. The predicted octanol–water partition coefficient (Wildman–Crippen LogP) is 2.53. The second-order valence-electron chi connectivity index (χ2n) is 4.24. The lowest BCUT2D eigenvalue weighted by molar-refractivity contribution is 0.677. The predicted molar refractivity (Wildman–Crippen MR) is 74.2 cm³/mol. The summed E-state index contributed by atoms with van der Waals surface area (Å²) in [4.78, 5) is 5.47. The Kier molecular flexibility index (Phi) is 3.37. The van der Waals surface area contributed by atoms with Crippen LogP contribution in [0.1, 0.15) is 30.7 Å². The van der Waals surface area contributed by atoms with Crippen molar-refractivity contribution in [3.05, 3.63) is 34.8 Å². The summed E-state index contributed by atoms with van der Waals surface area (Å²) in [7, 11) is 0. The number of nitrogens with one attached hydrogen (secondary N) is 1. The molecule has 0 saturated carbocycles. The van der Waals surface area contributed by atoms with Gasteiger partial charge < -0.3 is 5.32 Å².